The Balaban J connectivity index is 0.000000405. The van der Waals surface area contributed by atoms with E-state index in [9.17, 15) is 4.79 Å². The average Bonchev–Trinajstić information content (AvgIpc) is 3.02. The molecule has 2 aromatic rings. The van der Waals surface area contributed by atoms with E-state index in [0.717, 1.165) is 0 Å². The van der Waals surface area contributed by atoms with E-state index in [1.807, 2.05) is 30.3 Å². The fourth-order valence-corrected chi connectivity index (χ4v) is 0.959. The number of esters is 1. The summed E-state index contributed by atoms with van der Waals surface area (Å²) < 4.78 is 4.75. The van der Waals surface area contributed by atoms with E-state index in [1.54, 1.807) is 30.3 Å². The van der Waals surface area contributed by atoms with Crippen LogP contribution in [0.1, 0.15) is 0 Å². The van der Waals surface area contributed by atoms with Crippen LogP contribution in [0.15, 0.2) is 66.7 Å². The summed E-state index contributed by atoms with van der Waals surface area (Å²) in [6.07, 6.45) is 0. The first-order valence-electron chi connectivity index (χ1n) is 4.93. The third kappa shape index (κ3) is 5.86. The van der Waals surface area contributed by atoms with Gasteiger partial charge in [0.15, 0.2) is 0 Å². The maximum Gasteiger partial charge on any atom is 2.00 e. The molecule has 0 N–H and O–H groups in total. The number of nitrogens with zero attached hydrogens (tertiary/aromatic N) is 1. The average molecular weight is 281 g/mol. The van der Waals surface area contributed by atoms with Gasteiger partial charge in [-0.05, 0) is 0 Å². The largest absolute Gasteiger partial charge is 2.00 e. The molecule has 0 amide bonds. The number of hydrogen-bond donors (Lipinski definition) is 0. The molecule has 0 unspecified atom stereocenters. The van der Waals surface area contributed by atoms with Gasteiger partial charge >= 0.3 is 17.1 Å². The quantitative estimate of drug-likeness (QED) is 0.279. The fraction of sp³-hybridized carbons (Fsp3) is 0. The van der Waals surface area contributed by atoms with Gasteiger partial charge in [-0.2, -0.15) is 35.6 Å². The number of carbonyl (C=O) groups is 1. The first-order valence-corrected chi connectivity index (χ1v) is 4.93. The van der Waals surface area contributed by atoms with Gasteiger partial charge < -0.3 is 9.53 Å². The topological polar surface area (TPSA) is 50.1 Å². The number of rotatable bonds is 2. The predicted molar refractivity (Wildman–Crippen MR) is 64.5 cm³/mol. The second-order valence-electron chi connectivity index (χ2n) is 3.06. The fourth-order valence-electron chi connectivity index (χ4n) is 0.959. The molecule has 2 aromatic carbocycles. The van der Waals surface area contributed by atoms with Crippen molar-refractivity contribution in [3.05, 3.63) is 66.7 Å². The predicted octanol–water partition coefficient (Wildman–Crippen LogP) is 2.79. The zero-order valence-electron chi connectivity index (χ0n) is 9.52. The molecule has 0 aliphatic heterocycles. The summed E-state index contributed by atoms with van der Waals surface area (Å²) in [5.41, 5.74) is -0.198. The minimum atomic E-state index is -0.705. The minimum absolute atomic E-state index is 0. The number of hydrogen-bond acceptors (Lipinski definition) is 3. The maximum absolute atomic E-state index is 10.9. The zero-order chi connectivity index (χ0) is 12.5. The maximum atomic E-state index is 10.9. The van der Waals surface area contributed by atoms with Crippen molar-refractivity contribution >= 4 is 5.97 Å². The summed E-state index contributed by atoms with van der Waals surface area (Å²) in [6.45, 7) is 3.22. The van der Waals surface area contributed by atoms with Crippen molar-refractivity contribution in [2.45, 2.75) is 0 Å². The summed E-state index contributed by atoms with van der Waals surface area (Å²) in [6, 6.07) is 18.3. The van der Waals surface area contributed by atoms with Gasteiger partial charge in [-0.1, -0.05) is 6.58 Å². The second kappa shape index (κ2) is 9.00. The first-order chi connectivity index (χ1) is 8.24. The molecule has 0 atom stereocenters. The van der Waals surface area contributed by atoms with Crippen LogP contribution < -0.4 is 4.74 Å². The van der Waals surface area contributed by atoms with Crippen LogP contribution in [0.4, 0.5) is 0 Å². The summed E-state index contributed by atoms with van der Waals surface area (Å²) >= 11 is 0. The van der Waals surface area contributed by atoms with E-state index < -0.39 is 5.97 Å². The van der Waals surface area contributed by atoms with Crippen molar-refractivity contribution < 1.29 is 26.6 Å². The van der Waals surface area contributed by atoms with E-state index >= 15 is 0 Å². The Bertz CT molecular complexity index is 475. The molecule has 0 aromatic heterocycles. The number of carbonyl (C=O) groups excluding carboxylic acids is 1. The molecular formula is C14H11FeNO2. The molecule has 0 saturated carbocycles. The smallest absolute Gasteiger partial charge is 0.514 e. The molecule has 2 rings (SSSR count). The molecule has 0 saturated heterocycles. The Morgan fingerprint density at radius 1 is 1.22 bits per heavy atom. The van der Waals surface area contributed by atoms with E-state index in [-0.39, 0.29) is 22.6 Å². The van der Waals surface area contributed by atoms with Crippen LogP contribution >= 0.6 is 0 Å². The van der Waals surface area contributed by atoms with Crippen LogP contribution in [-0.2, 0) is 21.9 Å². The van der Waals surface area contributed by atoms with Crippen LogP contribution in [0, 0.1) is 11.3 Å². The van der Waals surface area contributed by atoms with E-state index in [1.165, 1.54) is 0 Å². The van der Waals surface area contributed by atoms with E-state index in [2.05, 4.69) is 6.58 Å². The molecule has 0 fully saturated rings. The normalized spacial score (nSPS) is 7.94. The van der Waals surface area contributed by atoms with Gasteiger partial charge in [0.1, 0.15) is 0 Å². The summed E-state index contributed by atoms with van der Waals surface area (Å²) in [7, 11) is 0. The number of nitriles is 1. The SMILES string of the molecule is C=C(C#N)C(=O)O[c-]1cccc1.[Fe+2].c1cc[cH-]c1. The minimum Gasteiger partial charge on any atom is -0.514 e. The summed E-state index contributed by atoms with van der Waals surface area (Å²) in [4.78, 5) is 10.9. The molecule has 3 nitrogen and oxygen atoms in total. The molecule has 0 spiro atoms. The van der Waals surface area contributed by atoms with Crippen LogP contribution in [0.2, 0.25) is 0 Å². The van der Waals surface area contributed by atoms with Crippen molar-refractivity contribution in [1.82, 2.24) is 0 Å². The van der Waals surface area contributed by atoms with Crippen LogP contribution in [0.5, 0.6) is 5.75 Å². The monoisotopic (exact) mass is 281 g/mol. The van der Waals surface area contributed by atoms with E-state index in [0.29, 0.717) is 5.75 Å². The van der Waals surface area contributed by atoms with Crippen molar-refractivity contribution in [2.24, 2.45) is 0 Å². The van der Waals surface area contributed by atoms with Crippen LogP contribution in [0.3, 0.4) is 0 Å². The van der Waals surface area contributed by atoms with Crippen molar-refractivity contribution in [3.8, 4) is 11.8 Å². The van der Waals surface area contributed by atoms with Crippen LogP contribution in [-0.4, -0.2) is 5.97 Å². The molecule has 0 aliphatic rings. The molecule has 0 heterocycles. The second-order valence-corrected chi connectivity index (χ2v) is 3.06. The Morgan fingerprint density at radius 3 is 2.17 bits per heavy atom. The van der Waals surface area contributed by atoms with Crippen molar-refractivity contribution in [3.63, 3.8) is 0 Å². The molecule has 0 bridgehead atoms. The van der Waals surface area contributed by atoms with Crippen molar-refractivity contribution in [1.29, 1.82) is 5.26 Å². The first kappa shape index (κ1) is 15.9. The molecule has 0 aliphatic carbocycles. The van der Waals surface area contributed by atoms with Crippen molar-refractivity contribution in [2.75, 3.05) is 0 Å². The van der Waals surface area contributed by atoms with Gasteiger partial charge in [0, 0.05) is 5.75 Å². The van der Waals surface area contributed by atoms with Gasteiger partial charge in [0.25, 0.3) is 5.97 Å². The standard InChI is InChI=1S/C9H6NO2.C5H5.Fe/c1-7(6-10)9(11)12-8-4-2-3-5-8;1-2-4-5-3-1;/h2-5H,1H2;1-5H;/q2*-1;+2. The molecule has 4 heteroatoms. The third-order valence-corrected chi connectivity index (χ3v) is 1.78. The molecule has 0 radical (unpaired) electrons. The van der Waals surface area contributed by atoms with Gasteiger partial charge in [0.05, 0.1) is 11.6 Å². The van der Waals surface area contributed by atoms with Crippen LogP contribution in [0.25, 0.3) is 0 Å². The Kier molecular flexibility index (Phi) is 7.96. The van der Waals surface area contributed by atoms with Gasteiger partial charge in [-0.25, -0.2) is 12.1 Å². The van der Waals surface area contributed by atoms with Gasteiger partial charge in [-0.15, -0.1) is 12.1 Å². The third-order valence-electron chi connectivity index (χ3n) is 1.78. The van der Waals surface area contributed by atoms with E-state index in [4.69, 9.17) is 10.00 Å². The number of ether oxygens (including phenoxy) is 1. The Morgan fingerprint density at radius 2 is 1.78 bits per heavy atom. The van der Waals surface area contributed by atoms with Gasteiger partial charge in [-0.3, -0.25) is 0 Å². The molecule has 92 valence electrons. The zero-order valence-corrected chi connectivity index (χ0v) is 10.6. The Hall–Kier alpha value is -2.08. The summed E-state index contributed by atoms with van der Waals surface area (Å²) in [5.74, 6) is -0.278. The molecular weight excluding hydrogens is 270 g/mol. The molecule has 18 heavy (non-hydrogen) atoms. The summed E-state index contributed by atoms with van der Waals surface area (Å²) in [5, 5.41) is 8.28. The Labute approximate surface area is 117 Å². The van der Waals surface area contributed by atoms with Gasteiger partial charge in [0.2, 0.25) is 0 Å².